The van der Waals surface area contributed by atoms with Crippen LogP contribution in [0.25, 0.3) is 11.1 Å². The summed E-state index contributed by atoms with van der Waals surface area (Å²) in [5.41, 5.74) is 5.63. The molecular formula is C18H18O. The fourth-order valence-electron chi connectivity index (χ4n) is 2.01. The molecule has 2 aromatic rings. The lowest BCUT2D eigenvalue weighted by atomic mass is 9.88. The highest BCUT2D eigenvalue weighted by atomic mass is 16.3. The quantitative estimate of drug-likeness (QED) is 0.806. The van der Waals surface area contributed by atoms with Crippen LogP contribution in [0.3, 0.4) is 0 Å². The van der Waals surface area contributed by atoms with E-state index in [1.54, 1.807) is 6.92 Å². The number of aliphatic hydroxyl groups is 1. The Morgan fingerprint density at radius 1 is 1.00 bits per heavy atom. The van der Waals surface area contributed by atoms with Gasteiger partial charge in [0.05, 0.1) is 0 Å². The van der Waals surface area contributed by atoms with Crippen molar-refractivity contribution >= 4 is 0 Å². The van der Waals surface area contributed by atoms with Gasteiger partial charge in [-0.2, -0.15) is 0 Å². The van der Waals surface area contributed by atoms with Crippen LogP contribution in [0.5, 0.6) is 0 Å². The van der Waals surface area contributed by atoms with Crippen LogP contribution < -0.4 is 0 Å². The average Bonchev–Trinajstić information content (AvgIpc) is 2.47. The summed E-state index contributed by atoms with van der Waals surface area (Å²) in [5.74, 6) is 0. The van der Waals surface area contributed by atoms with Gasteiger partial charge in [-0.15, -0.1) is 5.73 Å². The van der Waals surface area contributed by atoms with Gasteiger partial charge in [0.2, 0.25) is 0 Å². The van der Waals surface area contributed by atoms with Crippen molar-refractivity contribution in [2.24, 2.45) is 0 Å². The molecule has 1 heteroatoms. The first-order valence-corrected chi connectivity index (χ1v) is 6.31. The van der Waals surface area contributed by atoms with E-state index in [1.807, 2.05) is 49.4 Å². The Bertz CT molecular complexity index is 600. The molecule has 2 rings (SSSR count). The second-order valence-corrected chi connectivity index (χ2v) is 4.82. The van der Waals surface area contributed by atoms with E-state index in [0.29, 0.717) is 0 Å². The molecule has 0 bridgehead atoms. The predicted octanol–water partition coefficient (Wildman–Crippen LogP) is 4.29. The van der Waals surface area contributed by atoms with E-state index in [0.717, 1.165) is 16.7 Å². The van der Waals surface area contributed by atoms with Gasteiger partial charge in [-0.05, 0) is 30.5 Å². The fraction of sp³-hybridized carbons (Fsp3) is 0.167. The van der Waals surface area contributed by atoms with Crippen molar-refractivity contribution in [2.75, 3.05) is 0 Å². The average molecular weight is 250 g/mol. The van der Waals surface area contributed by atoms with Crippen LogP contribution in [0.15, 0.2) is 72.5 Å². The minimum Gasteiger partial charge on any atom is -0.380 e. The lowest BCUT2D eigenvalue weighted by Crippen LogP contribution is -2.22. The Labute approximate surface area is 114 Å². The monoisotopic (exact) mass is 250 g/mol. The van der Waals surface area contributed by atoms with Crippen LogP contribution in [-0.2, 0) is 5.60 Å². The Balaban J connectivity index is 2.37. The van der Waals surface area contributed by atoms with Crippen molar-refractivity contribution in [3.63, 3.8) is 0 Å². The SMILES string of the molecule is C=C=C(C)C(C)(O)c1ccc(-c2ccccc2)cc1. The topological polar surface area (TPSA) is 20.2 Å². The molecular weight excluding hydrogens is 232 g/mol. The Kier molecular flexibility index (Phi) is 3.71. The maximum absolute atomic E-state index is 10.5. The van der Waals surface area contributed by atoms with Gasteiger partial charge in [0.25, 0.3) is 0 Å². The molecule has 0 spiro atoms. The minimum atomic E-state index is -1.02. The maximum atomic E-state index is 10.5. The second-order valence-electron chi connectivity index (χ2n) is 4.82. The van der Waals surface area contributed by atoms with Gasteiger partial charge in [-0.1, -0.05) is 61.2 Å². The number of hydrogen-bond donors (Lipinski definition) is 1. The molecule has 0 aliphatic heterocycles. The van der Waals surface area contributed by atoms with E-state index in [9.17, 15) is 5.11 Å². The molecule has 0 aliphatic carbocycles. The van der Waals surface area contributed by atoms with Gasteiger partial charge >= 0.3 is 0 Å². The normalized spacial score (nSPS) is 13.4. The third kappa shape index (κ3) is 2.68. The van der Waals surface area contributed by atoms with Gasteiger partial charge in [0.15, 0.2) is 0 Å². The first-order valence-electron chi connectivity index (χ1n) is 6.31. The molecule has 1 unspecified atom stereocenters. The Morgan fingerprint density at radius 2 is 1.53 bits per heavy atom. The zero-order chi connectivity index (χ0) is 13.9. The summed E-state index contributed by atoms with van der Waals surface area (Å²) >= 11 is 0. The van der Waals surface area contributed by atoms with Gasteiger partial charge in [-0.3, -0.25) is 0 Å². The van der Waals surface area contributed by atoms with Gasteiger partial charge < -0.3 is 5.11 Å². The lowest BCUT2D eigenvalue weighted by Gasteiger charge is -2.23. The summed E-state index contributed by atoms with van der Waals surface area (Å²) in [4.78, 5) is 0. The van der Waals surface area contributed by atoms with Crippen molar-refractivity contribution in [1.29, 1.82) is 0 Å². The minimum absolute atomic E-state index is 0.722. The summed E-state index contributed by atoms with van der Waals surface area (Å²) in [6, 6.07) is 18.1. The van der Waals surface area contributed by atoms with Crippen LogP contribution in [0, 0.1) is 0 Å². The summed E-state index contributed by atoms with van der Waals surface area (Å²) in [7, 11) is 0. The summed E-state index contributed by atoms with van der Waals surface area (Å²) in [6.45, 7) is 7.19. The molecule has 19 heavy (non-hydrogen) atoms. The Morgan fingerprint density at radius 3 is 2.05 bits per heavy atom. The highest BCUT2D eigenvalue weighted by Gasteiger charge is 2.24. The summed E-state index contributed by atoms with van der Waals surface area (Å²) in [6.07, 6.45) is 0. The lowest BCUT2D eigenvalue weighted by molar-refractivity contribution is 0.0978. The van der Waals surface area contributed by atoms with Crippen LogP contribution >= 0.6 is 0 Å². The molecule has 1 nitrogen and oxygen atoms in total. The Hall–Kier alpha value is -2.08. The van der Waals surface area contributed by atoms with Crippen LogP contribution in [0.4, 0.5) is 0 Å². The zero-order valence-electron chi connectivity index (χ0n) is 11.4. The van der Waals surface area contributed by atoms with E-state index in [-0.39, 0.29) is 0 Å². The smallest absolute Gasteiger partial charge is 0.115 e. The van der Waals surface area contributed by atoms with Gasteiger partial charge in [0.1, 0.15) is 5.60 Å². The largest absolute Gasteiger partial charge is 0.380 e. The van der Waals surface area contributed by atoms with Crippen LogP contribution in [0.2, 0.25) is 0 Å². The number of benzene rings is 2. The molecule has 0 saturated carbocycles. The molecule has 0 aromatic heterocycles. The standard InChI is InChI=1S/C18H18O/c1-4-14(2)18(3,19)17-12-10-16(11-13-17)15-8-6-5-7-9-15/h5-13,19H,1H2,2-3H3. The highest BCUT2D eigenvalue weighted by Crippen LogP contribution is 2.29. The van der Waals surface area contributed by atoms with Crippen molar-refractivity contribution in [3.05, 3.63) is 78.0 Å². The molecule has 0 aliphatic rings. The first kappa shape index (κ1) is 13.4. The van der Waals surface area contributed by atoms with E-state index in [2.05, 4.69) is 24.4 Å². The van der Waals surface area contributed by atoms with E-state index in [1.165, 1.54) is 5.56 Å². The molecule has 0 fully saturated rings. The number of rotatable bonds is 3. The number of hydrogen-bond acceptors (Lipinski definition) is 1. The highest BCUT2D eigenvalue weighted by molar-refractivity contribution is 5.63. The third-order valence-electron chi connectivity index (χ3n) is 3.55. The summed E-state index contributed by atoms with van der Waals surface area (Å²) < 4.78 is 0. The molecule has 0 heterocycles. The molecule has 1 atom stereocenters. The molecule has 96 valence electrons. The molecule has 1 N–H and O–H groups in total. The van der Waals surface area contributed by atoms with Crippen LogP contribution in [0.1, 0.15) is 19.4 Å². The predicted molar refractivity (Wildman–Crippen MR) is 79.8 cm³/mol. The van der Waals surface area contributed by atoms with E-state index >= 15 is 0 Å². The fourth-order valence-corrected chi connectivity index (χ4v) is 2.01. The van der Waals surface area contributed by atoms with Gasteiger partial charge in [-0.25, -0.2) is 0 Å². The maximum Gasteiger partial charge on any atom is 0.115 e. The second kappa shape index (κ2) is 5.27. The zero-order valence-corrected chi connectivity index (χ0v) is 11.4. The van der Waals surface area contributed by atoms with Crippen molar-refractivity contribution < 1.29 is 5.11 Å². The van der Waals surface area contributed by atoms with Gasteiger partial charge in [0, 0.05) is 5.57 Å². The summed E-state index contributed by atoms with van der Waals surface area (Å²) in [5, 5.41) is 10.5. The molecule has 2 aromatic carbocycles. The van der Waals surface area contributed by atoms with E-state index < -0.39 is 5.60 Å². The third-order valence-corrected chi connectivity index (χ3v) is 3.55. The van der Waals surface area contributed by atoms with Crippen molar-refractivity contribution in [2.45, 2.75) is 19.4 Å². The van der Waals surface area contributed by atoms with Crippen LogP contribution in [-0.4, -0.2) is 5.11 Å². The molecule has 0 radical (unpaired) electrons. The molecule has 0 saturated heterocycles. The molecule has 0 amide bonds. The van der Waals surface area contributed by atoms with Crippen molar-refractivity contribution in [3.8, 4) is 11.1 Å². The van der Waals surface area contributed by atoms with E-state index in [4.69, 9.17) is 0 Å². The van der Waals surface area contributed by atoms with Crippen molar-refractivity contribution in [1.82, 2.24) is 0 Å². The first-order chi connectivity index (χ1) is 9.05.